The van der Waals surface area contributed by atoms with Gasteiger partial charge in [0.05, 0.1) is 7.11 Å². The fraction of sp³-hybridized carbons (Fsp3) is 0.320. The van der Waals surface area contributed by atoms with E-state index in [0.29, 0.717) is 37.2 Å². The monoisotopic (exact) mass is 461 g/mol. The van der Waals surface area contributed by atoms with E-state index in [-0.39, 0.29) is 23.9 Å². The largest absolute Gasteiger partial charge is 0.497 e. The Kier molecular flexibility index (Phi) is 5.83. The fourth-order valence-corrected chi connectivity index (χ4v) is 4.82. The highest BCUT2D eigenvalue weighted by atomic mass is 16.5. The van der Waals surface area contributed by atoms with Crippen LogP contribution >= 0.6 is 0 Å². The molecule has 0 saturated carbocycles. The number of piperazine rings is 1. The summed E-state index contributed by atoms with van der Waals surface area (Å²) >= 11 is 0. The van der Waals surface area contributed by atoms with Crippen molar-refractivity contribution in [3.05, 3.63) is 60.3 Å². The van der Waals surface area contributed by atoms with Crippen LogP contribution in [0.25, 0.3) is 10.9 Å². The summed E-state index contributed by atoms with van der Waals surface area (Å²) in [5.74, 6) is 0.455. The average Bonchev–Trinajstić information content (AvgIpc) is 3.25. The smallest absolute Gasteiger partial charge is 0.319 e. The number of methoxy groups -OCH3 is 1. The number of ether oxygens (including phenoxy) is 1. The Morgan fingerprint density at radius 2 is 1.94 bits per heavy atom. The summed E-state index contributed by atoms with van der Waals surface area (Å²) in [5.41, 5.74) is 2.64. The molecule has 2 aliphatic rings. The van der Waals surface area contributed by atoms with Gasteiger partial charge in [0, 0.05) is 41.8 Å². The molecule has 1 aromatic heterocycles. The number of aromatic nitrogens is 1. The Hall–Kier alpha value is -4.01. The predicted molar refractivity (Wildman–Crippen MR) is 128 cm³/mol. The SMILES string of the molecule is COc1ccc(NC(=O)NC2CCN3C(=O)C(Cc4c[nH]c5ccccc45)NC(=O)C3C2)cc1. The number of benzene rings is 2. The van der Waals surface area contributed by atoms with Crippen LogP contribution in [0, 0.1) is 0 Å². The normalized spacial score (nSPS) is 22.1. The van der Waals surface area contributed by atoms with Crippen molar-refractivity contribution in [2.75, 3.05) is 19.0 Å². The molecule has 4 N–H and O–H groups in total. The molecule has 2 aromatic carbocycles. The van der Waals surface area contributed by atoms with E-state index < -0.39 is 12.1 Å². The van der Waals surface area contributed by atoms with E-state index in [4.69, 9.17) is 4.74 Å². The lowest BCUT2D eigenvalue weighted by molar-refractivity contribution is -0.151. The number of hydrogen-bond acceptors (Lipinski definition) is 4. The maximum Gasteiger partial charge on any atom is 0.319 e. The van der Waals surface area contributed by atoms with E-state index in [0.717, 1.165) is 16.5 Å². The first-order chi connectivity index (χ1) is 16.5. The Labute approximate surface area is 196 Å². The van der Waals surface area contributed by atoms with Gasteiger partial charge in [0.25, 0.3) is 0 Å². The highest BCUT2D eigenvalue weighted by Gasteiger charge is 2.44. The second-order valence-corrected chi connectivity index (χ2v) is 8.72. The second kappa shape index (κ2) is 9.09. The van der Waals surface area contributed by atoms with Gasteiger partial charge in [-0.25, -0.2) is 4.79 Å². The molecule has 2 aliphatic heterocycles. The van der Waals surface area contributed by atoms with Crippen molar-refractivity contribution < 1.29 is 19.1 Å². The highest BCUT2D eigenvalue weighted by Crippen LogP contribution is 2.25. The summed E-state index contributed by atoms with van der Waals surface area (Å²) in [6.45, 7) is 0.425. The zero-order valence-electron chi connectivity index (χ0n) is 18.8. The maximum atomic E-state index is 13.2. The number of rotatable bonds is 5. The van der Waals surface area contributed by atoms with E-state index in [2.05, 4.69) is 20.9 Å². The zero-order valence-corrected chi connectivity index (χ0v) is 18.8. The first kappa shape index (κ1) is 21.8. The number of amides is 4. The average molecular weight is 462 g/mol. The molecule has 3 heterocycles. The summed E-state index contributed by atoms with van der Waals surface area (Å²) in [5, 5.41) is 9.68. The molecule has 9 nitrogen and oxygen atoms in total. The van der Waals surface area contributed by atoms with Gasteiger partial charge in [0.1, 0.15) is 17.8 Å². The van der Waals surface area contributed by atoms with Crippen molar-refractivity contribution in [2.45, 2.75) is 37.4 Å². The fourth-order valence-electron chi connectivity index (χ4n) is 4.82. The number of anilines is 1. The molecule has 5 rings (SSSR count). The molecule has 3 atom stereocenters. The lowest BCUT2D eigenvalue weighted by atomic mass is 9.91. The standard InChI is InChI=1S/C25H27N5O4/c1-34-18-8-6-16(7-9-18)27-25(33)28-17-10-11-30-22(13-17)23(31)29-21(24(30)32)12-15-14-26-20-5-3-2-4-19(15)20/h2-9,14,17,21-22,26H,10-13H2,1H3,(H,29,31)(H2,27,28,33). The van der Waals surface area contributed by atoms with Crippen LogP contribution in [-0.2, 0) is 16.0 Å². The van der Waals surface area contributed by atoms with Crippen LogP contribution in [-0.4, -0.2) is 59.5 Å². The molecule has 0 aliphatic carbocycles. The molecule has 9 heteroatoms. The van der Waals surface area contributed by atoms with Crippen molar-refractivity contribution >= 4 is 34.4 Å². The number of nitrogens with zero attached hydrogens (tertiary/aromatic N) is 1. The molecule has 3 aromatic rings. The first-order valence-electron chi connectivity index (χ1n) is 11.4. The predicted octanol–water partition coefficient (Wildman–Crippen LogP) is 2.40. The van der Waals surface area contributed by atoms with E-state index in [1.807, 2.05) is 30.5 Å². The van der Waals surface area contributed by atoms with Gasteiger partial charge in [-0.1, -0.05) is 18.2 Å². The van der Waals surface area contributed by atoms with Crippen LogP contribution in [0.15, 0.2) is 54.7 Å². The first-order valence-corrected chi connectivity index (χ1v) is 11.4. The topological polar surface area (TPSA) is 116 Å². The lowest BCUT2D eigenvalue weighted by Crippen LogP contribution is -2.67. The van der Waals surface area contributed by atoms with Crippen LogP contribution in [0.5, 0.6) is 5.75 Å². The van der Waals surface area contributed by atoms with Crippen molar-refractivity contribution in [1.29, 1.82) is 0 Å². The number of urea groups is 1. The van der Waals surface area contributed by atoms with Gasteiger partial charge < -0.3 is 30.6 Å². The van der Waals surface area contributed by atoms with Crippen LogP contribution in [0.4, 0.5) is 10.5 Å². The van der Waals surface area contributed by atoms with Crippen molar-refractivity contribution in [2.24, 2.45) is 0 Å². The van der Waals surface area contributed by atoms with E-state index >= 15 is 0 Å². The summed E-state index contributed by atoms with van der Waals surface area (Å²) < 4.78 is 5.12. The number of carbonyl (C=O) groups excluding carboxylic acids is 3. The molecular formula is C25H27N5O4. The summed E-state index contributed by atoms with van der Waals surface area (Å²) in [7, 11) is 1.58. The molecule has 34 heavy (non-hydrogen) atoms. The third kappa shape index (κ3) is 4.28. The molecule has 0 radical (unpaired) electrons. The molecule has 2 fully saturated rings. The molecule has 0 spiro atoms. The number of H-pyrrole nitrogens is 1. The minimum Gasteiger partial charge on any atom is -0.497 e. The zero-order chi connectivity index (χ0) is 23.7. The van der Waals surface area contributed by atoms with Crippen molar-refractivity contribution in [3.8, 4) is 5.75 Å². The van der Waals surface area contributed by atoms with Gasteiger partial charge in [-0.15, -0.1) is 0 Å². The van der Waals surface area contributed by atoms with Crippen LogP contribution in [0.1, 0.15) is 18.4 Å². The lowest BCUT2D eigenvalue weighted by Gasteiger charge is -2.44. The van der Waals surface area contributed by atoms with Crippen LogP contribution in [0.3, 0.4) is 0 Å². The number of hydrogen-bond donors (Lipinski definition) is 4. The van der Waals surface area contributed by atoms with Gasteiger partial charge in [0.15, 0.2) is 0 Å². The summed E-state index contributed by atoms with van der Waals surface area (Å²) in [6, 6.07) is 13.2. The molecular weight excluding hydrogens is 434 g/mol. The Bertz CT molecular complexity index is 1220. The maximum absolute atomic E-state index is 13.2. The number of piperidine rings is 1. The minimum atomic E-state index is -0.592. The van der Waals surface area contributed by atoms with Gasteiger partial charge in [-0.05, 0) is 48.7 Å². The van der Waals surface area contributed by atoms with Crippen LogP contribution in [0.2, 0.25) is 0 Å². The van der Waals surface area contributed by atoms with E-state index in [9.17, 15) is 14.4 Å². The van der Waals surface area contributed by atoms with Crippen molar-refractivity contribution in [3.63, 3.8) is 0 Å². The van der Waals surface area contributed by atoms with E-state index in [1.165, 1.54) is 0 Å². The third-order valence-corrected chi connectivity index (χ3v) is 6.58. The number of para-hydroxylation sites is 1. The highest BCUT2D eigenvalue weighted by molar-refractivity contribution is 5.98. The Morgan fingerprint density at radius 3 is 2.74 bits per heavy atom. The number of fused-ring (bicyclic) bond motifs is 2. The molecule has 176 valence electrons. The Balaban J connectivity index is 1.19. The Morgan fingerprint density at radius 1 is 1.15 bits per heavy atom. The van der Waals surface area contributed by atoms with Gasteiger partial charge in [-0.2, -0.15) is 0 Å². The molecule has 4 amide bonds. The quantitative estimate of drug-likeness (QED) is 0.467. The number of aromatic amines is 1. The molecule has 3 unspecified atom stereocenters. The number of carbonyl (C=O) groups is 3. The van der Waals surface area contributed by atoms with Gasteiger partial charge >= 0.3 is 6.03 Å². The number of nitrogens with one attached hydrogen (secondary N) is 4. The summed E-state index contributed by atoms with van der Waals surface area (Å²) in [4.78, 5) is 43.4. The molecule has 0 bridgehead atoms. The van der Waals surface area contributed by atoms with Gasteiger partial charge in [-0.3, -0.25) is 9.59 Å². The third-order valence-electron chi connectivity index (χ3n) is 6.58. The van der Waals surface area contributed by atoms with E-state index in [1.54, 1.807) is 36.3 Å². The summed E-state index contributed by atoms with van der Waals surface area (Å²) in [6.07, 6.45) is 3.30. The van der Waals surface area contributed by atoms with Crippen molar-refractivity contribution in [1.82, 2.24) is 20.5 Å². The van der Waals surface area contributed by atoms with Crippen LogP contribution < -0.4 is 20.7 Å². The minimum absolute atomic E-state index is 0.0731. The van der Waals surface area contributed by atoms with Gasteiger partial charge in [0.2, 0.25) is 11.8 Å². The molecule has 2 saturated heterocycles. The second-order valence-electron chi connectivity index (χ2n) is 8.72.